The van der Waals surface area contributed by atoms with Gasteiger partial charge in [-0.1, -0.05) is 29.7 Å². The summed E-state index contributed by atoms with van der Waals surface area (Å²) in [6.45, 7) is 0. The van der Waals surface area contributed by atoms with Crippen LogP contribution in [-0.2, 0) is 5.60 Å². The van der Waals surface area contributed by atoms with Crippen LogP contribution in [-0.4, -0.2) is 25.3 Å². The van der Waals surface area contributed by atoms with Crippen LogP contribution in [0.3, 0.4) is 0 Å². The Morgan fingerprint density at radius 3 is 1.47 bits per heavy atom. The van der Waals surface area contributed by atoms with Crippen molar-refractivity contribution in [3.8, 4) is 0 Å². The molecule has 0 aliphatic heterocycles. The molecule has 0 saturated heterocycles. The number of aliphatic hydroxyl groups is 1. The molecule has 0 amide bonds. The van der Waals surface area contributed by atoms with Crippen molar-refractivity contribution in [2.45, 2.75) is 18.0 Å². The summed E-state index contributed by atoms with van der Waals surface area (Å²) in [7, 11) is 1.50. The predicted octanol–water partition coefficient (Wildman–Crippen LogP) is 1.26. The SMILES string of the molecule is Bc1ccc(C(O)(C(F)(F)F)C(F)(F)F)cc1. The number of hydrogen-bond donors (Lipinski definition) is 1. The molecule has 0 unspecified atom stereocenters. The molecular weight excluding hydrogens is 249 g/mol. The monoisotopic (exact) mass is 256 g/mol. The van der Waals surface area contributed by atoms with E-state index < -0.39 is 23.5 Å². The van der Waals surface area contributed by atoms with E-state index in [1.54, 1.807) is 0 Å². The number of hydrogen-bond acceptors (Lipinski definition) is 1. The van der Waals surface area contributed by atoms with Crippen LogP contribution >= 0.6 is 0 Å². The molecule has 0 aromatic heterocycles. The summed E-state index contributed by atoms with van der Waals surface area (Å²) in [6, 6.07) is 3.35. The number of alkyl halides is 6. The second-order valence-corrected chi connectivity index (χ2v) is 3.57. The van der Waals surface area contributed by atoms with E-state index in [4.69, 9.17) is 5.11 Å². The maximum Gasteiger partial charge on any atom is 0.430 e. The summed E-state index contributed by atoms with van der Waals surface area (Å²) in [4.78, 5) is 0. The first-order valence-corrected chi connectivity index (χ1v) is 4.43. The van der Waals surface area contributed by atoms with Crippen molar-refractivity contribution in [1.29, 1.82) is 0 Å². The fraction of sp³-hybridized carbons (Fsp3) is 0.333. The molecular formula is C9H7BF6O. The van der Waals surface area contributed by atoms with E-state index in [2.05, 4.69) is 0 Å². The van der Waals surface area contributed by atoms with Gasteiger partial charge in [0.15, 0.2) is 0 Å². The summed E-state index contributed by atoms with van der Waals surface area (Å²) in [5.74, 6) is 0. The highest BCUT2D eigenvalue weighted by Crippen LogP contribution is 2.49. The molecule has 1 aromatic rings. The molecule has 1 N–H and O–H groups in total. The standard InChI is InChI=1S/C9H7BF6O/c10-6-3-1-5(2-4-6)7(17,8(11,12)13)9(14,15)16/h1-4,17H,10H2. The Morgan fingerprint density at radius 1 is 0.824 bits per heavy atom. The Bertz CT molecular complexity index is 379. The Balaban J connectivity index is 3.41. The molecule has 0 aliphatic rings. The normalized spacial score (nSPS) is 13.8. The first-order valence-electron chi connectivity index (χ1n) is 4.43. The fourth-order valence-electron chi connectivity index (χ4n) is 1.28. The highest BCUT2D eigenvalue weighted by atomic mass is 19.4. The third kappa shape index (κ3) is 2.26. The molecule has 94 valence electrons. The molecule has 8 heteroatoms. The van der Waals surface area contributed by atoms with Gasteiger partial charge in [-0.3, -0.25) is 0 Å². The van der Waals surface area contributed by atoms with Crippen molar-refractivity contribution in [3.05, 3.63) is 29.8 Å². The van der Waals surface area contributed by atoms with Gasteiger partial charge in [-0.05, 0) is 0 Å². The average Bonchev–Trinajstić information content (AvgIpc) is 2.14. The van der Waals surface area contributed by atoms with Crippen LogP contribution in [0, 0.1) is 0 Å². The van der Waals surface area contributed by atoms with E-state index in [1.807, 2.05) is 0 Å². The Labute approximate surface area is 93.5 Å². The minimum atomic E-state index is -5.83. The molecule has 1 rings (SSSR count). The van der Waals surface area contributed by atoms with Crippen LogP contribution < -0.4 is 5.46 Å². The van der Waals surface area contributed by atoms with E-state index in [9.17, 15) is 26.3 Å². The van der Waals surface area contributed by atoms with Gasteiger partial charge in [-0.25, -0.2) is 0 Å². The van der Waals surface area contributed by atoms with Gasteiger partial charge in [0.1, 0.15) is 7.85 Å². The number of benzene rings is 1. The molecule has 0 atom stereocenters. The Morgan fingerprint density at radius 2 is 1.18 bits per heavy atom. The van der Waals surface area contributed by atoms with Gasteiger partial charge < -0.3 is 5.11 Å². The first kappa shape index (κ1) is 13.9. The molecule has 0 bridgehead atoms. The third-order valence-corrected chi connectivity index (χ3v) is 2.29. The van der Waals surface area contributed by atoms with E-state index in [0.29, 0.717) is 17.6 Å². The third-order valence-electron chi connectivity index (χ3n) is 2.29. The molecule has 0 radical (unpaired) electrons. The minimum absolute atomic E-state index is 0.487. The summed E-state index contributed by atoms with van der Waals surface area (Å²) in [6.07, 6.45) is -11.7. The van der Waals surface area contributed by atoms with Crippen molar-refractivity contribution in [1.82, 2.24) is 0 Å². The zero-order valence-electron chi connectivity index (χ0n) is 8.52. The van der Waals surface area contributed by atoms with Crippen molar-refractivity contribution in [3.63, 3.8) is 0 Å². The van der Waals surface area contributed by atoms with Crippen LogP contribution in [0.25, 0.3) is 0 Å². The van der Waals surface area contributed by atoms with E-state index in [1.165, 1.54) is 7.85 Å². The van der Waals surface area contributed by atoms with Crippen LogP contribution in [0.1, 0.15) is 5.56 Å². The van der Waals surface area contributed by atoms with Gasteiger partial charge in [-0.2, -0.15) is 26.3 Å². The van der Waals surface area contributed by atoms with Crippen molar-refractivity contribution in [2.24, 2.45) is 0 Å². The zero-order valence-corrected chi connectivity index (χ0v) is 8.52. The van der Waals surface area contributed by atoms with Gasteiger partial charge in [0.2, 0.25) is 0 Å². The smallest absolute Gasteiger partial charge is 0.369 e. The highest BCUT2D eigenvalue weighted by Gasteiger charge is 2.71. The van der Waals surface area contributed by atoms with Crippen LogP contribution in [0.5, 0.6) is 0 Å². The maximum atomic E-state index is 12.4. The van der Waals surface area contributed by atoms with E-state index in [0.717, 1.165) is 12.1 Å². The molecule has 17 heavy (non-hydrogen) atoms. The second-order valence-electron chi connectivity index (χ2n) is 3.57. The van der Waals surface area contributed by atoms with Gasteiger partial charge in [0.05, 0.1) is 0 Å². The molecule has 1 aromatic carbocycles. The minimum Gasteiger partial charge on any atom is -0.369 e. The number of halogens is 6. The van der Waals surface area contributed by atoms with Crippen LogP contribution in [0.2, 0.25) is 0 Å². The summed E-state index contributed by atoms with van der Waals surface area (Å²) >= 11 is 0. The van der Waals surface area contributed by atoms with Gasteiger partial charge in [-0.15, -0.1) is 0 Å². The molecule has 0 saturated carbocycles. The molecule has 1 nitrogen and oxygen atoms in total. The van der Waals surface area contributed by atoms with Crippen molar-refractivity contribution < 1.29 is 31.4 Å². The first-order chi connectivity index (χ1) is 7.50. The average molecular weight is 256 g/mol. The fourth-order valence-corrected chi connectivity index (χ4v) is 1.28. The predicted molar refractivity (Wildman–Crippen MR) is 50.6 cm³/mol. The Kier molecular flexibility index (Phi) is 3.22. The molecule has 0 aliphatic carbocycles. The maximum absolute atomic E-state index is 12.4. The summed E-state index contributed by atoms with van der Waals surface area (Å²) in [5.41, 5.74) is -5.60. The topological polar surface area (TPSA) is 20.2 Å². The van der Waals surface area contributed by atoms with E-state index >= 15 is 0 Å². The zero-order chi connectivity index (χ0) is 13.5. The van der Waals surface area contributed by atoms with Crippen LogP contribution in [0.4, 0.5) is 26.3 Å². The lowest BCUT2D eigenvalue weighted by atomic mass is 9.88. The molecule has 0 fully saturated rings. The van der Waals surface area contributed by atoms with Gasteiger partial charge in [0.25, 0.3) is 5.60 Å². The second kappa shape index (κ2) is 3.94. The van der Waals surface area contributed by atoms with Crippen molar-refractivity contribution in [2.75, 3.05) is 0 Å². The van der Waals surface area contributed by atoms with Crippen LogP contribution in [0.15, 0.2) is 24.3 Å². The van der Waals surface area contributed by atoms with Crippen molar-refractivity contribution >= 4 is 13.3 Å². The quantitative estimate of drug-likeness (QED) is 0.592. The lowest BCUT2D eigenvalue weighted by molar-refractivity contribution is -0.376. The molecule has 0 heterocycles. The molecule has 0 spiro atoms. The highest BCUT2D eigenvalue weighted by molar-refractivity contribution is 6.32. The van der Waals surface area contributed by atoms with Gasteiger partial charge >= 0.3 is 12.4 Å². The summed E-state index contributed by atoms with van der Waals surface area (Å²) in [5, 5.41) is 9.00. The number of rotatable bonds is 1. The lowest BCUT2D eigenvalue weighted by Gasteiger charge is -2.32. The van der Waals surface area contributed by atoms with E-state index in [-0.39, 0.29) is 0 Å². The summed E-state index contributed by atoms with van der Waals surface area (Å²) < 4.78 is 74.5. The Hall–Kier alpha value is -1.18. The lowest BCUT2D eigenvalue weighted by Crippen LogP contribution is -2.54. The van der Waals surface area contributed by atoms with Gasteiger partial charge in [0, 0.05) is 5.56 Å². The largest absolute Gasteiger partial charge is 0.430 e.